The second kappa shape index (κ2) is 7.35. The second-order valence-corrected chi connectivity index (χ2v) is 6.55. The molecule has 0 fully saturated rings. The van der Waals surface area contributed by atoms with Gasteiger partial charge in [0.25, 0.3) is 0 Å². The maximum Gasteiger partial charge on any atom is 0.0800 e. The Kier molecular flexibility index (Phi) is 4.98. The van der Waals surface area contributed by atoms with Crippen LogP contribution in [0.2, 0.25) is 0 Å². The first-order valence-electron chi connectivity index (χ1n) is 8.53. The Morgan fingerprint density at radius 1 is 0.962 bits per heavy atom. The minimum atomic E-state index is 0.690. The van der Waals surface area contributed by atoms with Gasteiger partial charge < -0.3 is 11.5 Å². The molecule has 0 bridgehead atoms. The number of anilines is 2. The Morgan fingerprint density at radius 3 is 2.27 bits per heavy atom. The van der Waals surface area contributed by atoms with Crippen LogP contribution in [-0.2, 0) is 0 Å². The zero-order chi connectivity index (χ0) is 18.7. The number of hydrogen-bond donors (Lipinski definition) is 2. The van der Waals surface area contributed by atoms with Crippen molar-refractivity contribution < 1.29 is 0 Å². The molecule has 0 spiro atoms. The number of aryl methyl sites for hydroxylation is 1. The summed E-state index contributed by atoms with van der Waals surface area (Å²) >= 11 is 0. The van der Waals surface area contributed by atoms with E-state index < -0.39 is 0 Å². The van der Waals surface area contributed by atoms with Crippen molar-refractivity contribution >= 4 is 22.7 Å². The molecular weight excluding hydrogens is 324 g/mol. The van der Waals surface area contributed by atoms with Crippen LogP contribution in [0.15, 0.2) is 70.1 Å². The SMILES string of the molecule is CC1=CC(=C(/c2ccc(N)cc2)c2ccc(N)c(C)c2)/CC/C1=N\N=O. The van der Waals surface area contributed by atoms with E-state index in [-0.39, 0.29) is 0 Å². The van der Waals surface area contributed by atoms with E-state index in [4.69, 9.17) is 11.5 Å². The molecule has 3 rings (SSSR count). The van der Waals surface area contributed by atoms with Crippen LogP contribution >= 0.6 is 0 Å². The minimum absolute atomic E-state index is 0.690. The van der Waals surface area contributed by atoms with E-state index in [0.717, 1.165) is 51.3 Å². The van der Waals surface area contributed by atoms with Crippen molar-refractivity contribution in [1.29, 1.82) is 0 Å². The maximum absolute atomic E-state index is 10.5. The average molecular weight is 346 g/mol. The highest BCUT2D eigenvalue weighted by Gasteiger charge is 2.18. The van der Waals surface area contributed by atoms with Gasteiger partial charge in [-0.2, -0.15) is 0 Å². The van der Waals surface area contributed by atoms with E-state index in [1.165, 1.54) is 5.57 Å². The minimum Gasteiger partial charge on any atom is -0.399 e. The van der Waals surface area contributed by atoms with Gasteiger partial charge in [-0.1, -0.05) is 24.3 Å². The van der Waals surface area contributed by atoms with Gasteiger partial charge in [0.2, 0.25) is 0 Å². The summed E-state index contributed by atoms with van der Waals surface area (Å²) in [6.45, 7) is 3.96. The lowest BCUT2D eigenvalue weighted by Crippen LogP contribution is -2.08. The Bertz CT molecular complexity index is 937. The molecule has 0 unspecified atom stereocenters. The molecule has 132 valence electrons. The smallest absolute Gasteiger partial charge is 0.0800 e. The number of nitroso groups, excluding NO2 is 1. The van der Waals surface area contributed by atoms with E-state index in [0.29, 0.717) is 6.42 Å². The Morgan fingerprint density at radius 2 is 1.65 bits per heavy atom. The summed E-state index contributed by atoms with van der Waals surface area (Å²) in [5.74, 6) is 0. The Labute approximate surface area is 153 Å². The lowest BCUT2D eigenvalue weighted by atomic mass is 9.85. The molecule has 0 amide bonds. The van der Waals surface area contributed by atoms with Crippen LogP contribution in [0.4, 0.5) is 11.4 Å². The molecule has 1 aliphatic carbocycles. The van der Waals surface area contributed by atoms with Gasteiger partial charge in [-0.05, 0) is 84.4 Å². The first-order valence-corrected chi connectivity index (χ1v) is 8.53. The highest BCUT2D eigenvalue weighted by molar-refractivity contribution is 6.02. The van der Waals surface area contributed by atoms with Crippen LogP contribution in [0.5, 0.6) is 0 Å². The normalized spacial score (nSPS) is 17.8. The van der Waals surface area contributed by atoms with Gasteiger partial charge in [0.15, 0.2) is 0 Å². The van der Waals surface area contributed by atoms with Crippen molar-refractivity contribution in [3.8, 4) is 0 Å². The zero-order valence-electron chi connectivity index (χ0n) is 15.0. The molecule has 0 atom stereocenters. The summed E-state index contributed by atoms with van der Waals surface area (Å²) in [5, 5.41) is 6.38. The number of benzene rings is 2. The molecular formula is C21H22N4O. The zero-order valence-corrected chi connectivity index (χ0v) is 15.0. The largest absolute Gasteiger partial charge is 0.399 e. The molecule has 26 heavy (non-hydrogen) atoms. The van der Waals surface area contributed by atoms with Gasteiger partial charge in [0.05, 0.1) is 11.0 Å². The summed E-state index contributed by atoms with van der Waals surface area (Å²) in [7, 11) is 0. The summed E-state index contributed by atoms with van der Waals surface area (Å²) in [6.07, 6.45) is 3.57. The maximum atomic E-state index is 10.5. The number of hydrogen-bond acceptors (Lipinski definition) is 4. The van der Waals surface area contributed by atoms with E-state index in [1.54, 1.807) is 0 Å². The van der Waals surface area contributed by atoms with E-state index in [1.807, 2.05) is 50.2 Å². The molecule has 0 aliphatic heterocycles. The van der Waals surface area contributed by atoms with Gasteiger partial charge in [-0.25, -0.2) is 0 Å². The molecule has 0 saturated carbocycles. The topological polar surface area (TPSA) is 93.8 Å². The van der Waals surface area contributed by atoms with Crippen molar-refractivity contribution in [3.63, 3.8) is 0 Å². The highest BCUT2D eigenvalue weighted by Crippen LogP contribution is 2.34. The van der Waals surface area contributed by atoms with Crippen molar-refractivity contribution in [2.75, 3.05) is 11.5 Å². The average Bonchev–Trinajstić information content (AvgIpc) is 2.62. The standard InChI is InChI=1S/C21H22N4O/c1-13-11-16(5-9-19(13)23)21(15-3-7-18(22)8-4-15)17-6-10-20(24-25-26)14(2)12-17/h3-5,7-9,11-12H,6,10,22-23H2,1-2H3/b21-17-,24-20+. The van der Waals surface area contributed by atoms with E-state index in [9.17, 15) is 4.91 Å². The Hall–Kier alpha value is -3.21. The van der Waals surface area contributed by atoms with Crippen LogP contribution in [0.25, 0.3) is 5.57 Å². The summed E-state index contributed by atoms with van der Waals surface area (Å²) in [6, 6.07) is 14.0. The number of nitrogen functional groups attached to an aromatic ring is 2. The molecule has 5 nitrogen and oxygen atoms in total. The molecule has 1 aliphatic rings. The fourth-order valence-electron chi connectivity index (χ4n) is 3.26. The fourth-order valence-corrected chi connectivity index (χ4v) is 3.26. The fraction of sp³-hybridized carbons (Fsp3) is 0.190. The molecule has 0 saturated heterocycles. The second-order valence-electron chi connectivity index (χ2n) is 6.55. The van der Waals surface area contributed by atoms with E-state index >= 15 is 0 Å². The molecule has 2 aromatic rings. The van der Waals surface area contributed by atoms with Crippen molar-refractivity contribution in [2.45, 2.75) is 26.7 Å². The van der Waals surface area contributed by atoms with Gasteiger partial charge in [0.1, 0.15) is 0 Å². The van der Waals surface area contributed by atoms with Crippen LogP contribution in [-0.4, -0.2) is 5.71 Å². The molecule has 0 aromatic heterocycles. The van der Waals surface area contributed by atoms with Crippen LogP contribution in [0.3, 0.4) is 0 Å². The van der Waals surface area contributed by atoms with Crippen molar-refractivity contribution in [2.24, 2.45) is 10.4 Å². The van der Waals surface area contributed by atoms with Crippen LogP contribution < -0.4 is 11.5 Å². The van der Waals surface area contributed by atoms with Crippen LogP contribution in [0, 0.1) is 11.8 Å². The third-order valence-corrected chi connectivity index (χ3v) is 4.72. The molecule has 5 heteroatoms. The van der Waals surface area contributed by atoms with Crippen LogP contribution in [0.1, 0.15) is 36.5 Å². The number of nitrogens with two attached hydrogens (primary N) is 2. The highest BCUT2D eigenvalue weighted by atomic mass is 16.3. The summed E-state index contributed by atoms with van der Waals surface area (Å²) < 4.78 is 0. The number of rotatable bonds is 3. The monoisotopic (exact) mass is 346 g/mol. The predicted molar refractivity (Wildman–Crippen MR) is 109 cm³/mol. The van der Waals surface area contributed by atoms with Crippen molar-refractivity contribution in [1.82, 2.24) is 0 Å². The lowest BCUT2D eigenvalue weighted by molar-refractivity contribution is 0.998. The molecule has 0 radical (unpaired) electrons. The van der Waals surface area contributed by atoms with Gasteiger partial charge in [-0.3, -0.25) is 0 Å². The summed E-state index contributed by atoms with van der Waals surface area (Å²) in [4.78, 5) is 10.5. The van der Waals surface area contributed by atoms with Crippen molar-refractivity contribution in [3.05, 3.63) is 81.3 Å². The third kappa shape index (κ3) is 3.57. The first kappa shape index (κ1) is 17.6. The quantitative estimate of drug-likeness (QED) is 0.474. The van der Waals surface area contributed by atoms with E-state index in [2.05, 4.69) is 22.5 Å². The number of nitrogens with zero attached hydrogens (tertiary/aromatic N) is 2. The van der Waals surface area contributed by atoms with Gasteiger partial charge in [-0.15, -0.1) is 10.0 Å². The molecule has 0 heterocycles. The lowest BCUT2D eigenvalue weighted by Gasteiger charge is -2.20. The Balaban J connectivity index is 2.21. The summed E-state index contributed by atoms with van der Waals surface area (Å²) in [5.41, 5.74) is 20.7. The third-order valence-electron chi connectivity index (χ3n) is 4.72. The van der Waals surface area contributed by atoms with Gasteiger partial charge >= 0.3 is 0 Å². The number of allylic oxidation sites excluding steroid dienone is 3. The predicted octanol–water partition coefficient (Wildman–Crippen LogP) is 4.82. The molecule has 4 N–H and O–H groups in total. The molecule has 2 aromatic carbocycles. The van der Waals surface area contributed by atoms with Gasteiger partial charge in [0, 0.05) is 11.4 Å². The first-order chi connectivity index (χ1) is 12.5.